The first-order valence-corrected chi connectivity index (χ1v) is 6.44. The molecule has 0 fully saturated rings. The van der Waals surface area contributed by atoms with Gasteiger partial charge in [-0.05, 0) is 31.7 Å². The van der Waals surface area contributed by atoms with E-state index in [0.29, 0.717) is 6.42 Å². The minimum atomic E-state index is -4.44. The molecule has 0 amide bonds. The fourth-order valence-corrected chi connectivity index (χ4v) is 2.04. The molecule has 0 spiro atoms. The van der Waals surface area contributed by atoms with Gasteiger partial charge >= 0.3 is 6.18 Å². The van der Waals surface area contributed by atoms with Crippen molar-refractivity contribution < 1.29 is 17.6 Å². The van der Waals surface area contributed by atoms with Crippen molar-refractivity contribution in [1.82, 2.24) is 5.32 Å². The average molecular weight is 277 g/mol. The molecule has 0 saturated carbocycles. The van der Waals surface area contributed by atoms with Crippen molar-refractivity contribution in [3.63, 3.8) is 0 Å². The number of halogens is 4. The highest BCUT2D eigenvalue weighted by molar-refractivity contribution is 5.29. The third-order valence-corrected chi connectivity index (χ3v) is 3.14. The Balaban J connectivity index is 2.95. The molecular weight excluding hydrogens is 258 g/mol. The van der Waals surface area contributed by atoms with Crippen LogP contribution < -0.4 is 5.32 Å². The molecule has 0 aliphatic heterocycles. The maximum atomic E-state index is 13.7. The number of unbranched alkanes of at least 4 members (excludes halogenated alkanes) is 2. The number of nitrogens with one attached hydrogen (secondary N) is 1. The van der Waals surface area contributed by atoms with Gasteiger partial charge in [0.25, 0.3) is 0 Å². The molecule has 1 aromatic rings. The van der Waals surface area contributed by atoms with Gasteiger partial charge in [0, 0.05) is 11.6 Å². The zero-order chi connectivity index (χ0) is 14.5. The molecule has 1 unspecified atom stereocenters. The first-order valence-electron chi connectivity index (χ1n) is 6.44. The molecule has 0 heterocycles. The van der Waals surface area contributed by atoms with Crippen LogP contribution >= 0.6 is 0 Å². The maximum Gasteiger partial charge on any atom is 0.416 e. The Morgan fingerprint density at radius 2 is 1.89 bits per heavy atom. The second-order valence-electron chi connectivity index (χ2n) is 4.57. The topological polar surface area (TPSA) is 12.0 Å². The van der Waals surface area contributed by atoms with Gasteiger partial charge in [-0.3, -0.25) is 0 Å². The van der Waals surface area contributed by atoms with E-state index in [1.54, 1.807) is 7.05 Å². The van der Waals surface area contributed by atoms with E-state index in [0.717, 1.165) is 37.5 Å². The van der Waals surface area contributed by atoms with Crippen LogP contribution in [0.15, 0.2) is 18.2 Å². The molecular formula is C14H19F4N. The number of hydrogen-bond acceptors (Lipinski definition) is 1. The molecule has 19 heavy (non-hydrogen) atoms. The quantitative estimate of drug-likeness (QED) is 0.588. The van der Waals surface area contributed by atoms with Gasteiger partial charge in [-0.1, -0.05) is 26.2 Å². The molecule has 1 rings (SSSR count). The van der Waals surface area contributed by atoms with Gasteiger partial charge in [-0.25, -0.2) is 4.39 Å². The summed E-state index contributed by atoms with van der Waals surface area (Å²) in [6.07, 6.45) is -0.954. The minimum Gasteiger partial charge on any atom is -0.313 e. The SMILES string of the molecule is CCCCCC(NC)c1cc(C(F)(F)F)ccc1F. The van der Waals surface area contributed by atoms with E-state index in [-0.39, 0.29) is 11.6 Å². The zero-order valence-corrected chi connectivity index (χ0v) is 11.1. The number of hydrogen-bond donors (Lipinski definition) is 1. The molecule has 0 aromatic heterocycles. The molecule has 0 aliphatic rings. The highest BCUT2D eigenvalue weighted by Crippen LogP contribution is 2.32. The van der Waals surface area contributed by atoms with E-state index in [4.69, 9.17) is 0 Å². The van der Waals surface area contributed by atoms with Gasteiger partial charge in [0.2, 0.25) is 0 Å². The van der Waals surface area contributed by atoms with Gasteiger partial charge in [-0.15, -0.1) is 0 Å². The van der Waals surface area contributed by atoms with Crippen LogP contribution in [-0.2, 0) is 6.18 Å². The molecule has 0 saturated heterocycles. The van der Waals surface area contributed by atoms with E-state index in [1.807, 2.05) is 6.92 Å². The van der Waals surface area contributed by atoms with Crippen LogP contribution in [0.25, 0.3) is 0 Å². The number of rotatable bonds is 6. The van der Waals surface area contributed by atoms with Crippen molar-refractivity contribution in [3.8, 4) is 0 Å². The lowest BCUT2D eigenvalue weighted by Gasteiger charge is -2.19. The standard InChI is InChI=1S/C14H19F4N/c1-3-4-5-6-13(19-2)11-9-10(14(16,17)18)7-8-12(11)15/h7-9,13,19H,3-6H2,1-2H3. The highest BCUT2D eigenvalue weighted by Gasteiger charge is 2.31. The van der Waals surface area contributed by atoms with Crippen LogP contribution in [0.1, 0.15) is 49.8 Å². The zero-order valence-electron chi connectivity index (χ0n) is 11.1. The van der Waals surface area contributed by atoms with Gasteiger partial charge in [0.15, 0.2) is 0 Å². The summed E-state index contributed by atoms with van der Waals surface area (Å²) in [6.45, 7) is 2.04. The largest absolute Gasteiger partial charge is 0.416 e. The van der Waals surface area contributed by atoms with Crippen molar-refractivity contribution in [2.24, 2.45) is 0 Å². The third kappa shape index (κ3) is 4.49. The molecule has 0 bridgehead atoms. The van der Waals surface area contributed by atoms with Gasteiger partial charge in [0.05, 0.1) is 5.56 Å². The lowest BCUT2D eigenvalue weighted by atomic mass is 9.98. The van der Waals surface area contributed by atoms with E-state index in [9.17, 15) is 17.6 Å². The van der Waals surface area contributed by atoms with Crippen LogP contribution in [0.2, 0.25) is 0 Å². The van der Waals surface area contributed by atoms with E-state index in [2.05, 4.69) is 5.32 Å². The lowest BCUT2D eigenvalue weighted by Crippen LogP contribution is -2.19. The predicted molar refractivity (Wildman–Crippen MR) is 67.3 cm³/mol. The maximum absolute atomic E-state index is 13.7. The van der Waals surface area contributed by atoms with E-state index in [1.165, 1.54) is 0 Å². The van der Waals surface area contributed by atoms with E-state index >= 15 is 0 Å². The van der Waals surface area contributed by atoms with Crippen molar-refractivity contribution in [3.05, 3.63) is 35.1 Å². The summed E-state index contributed by atoms with van der Waals surface area (Å²) in [5, 5.41) is 2.89. The van der Waals surface area contributed by atoms with Crippen LogP contribution in [0.3, 0.4) is 0 Å². The van der Waals surface area contributed by atoms with Crippen molar-refractivity contribution in [2.75, 3.05) is 7.05 Å². The Bertz CT molecular complexity index is 401. The second-order valence-corrected chi connectivity index (χ2v) is 4.57. The summed E-state index contributed by atoms with van der Waals surface area (Å²) >= 11 is 0. The van der Waals surface area contributed by atoms with Gasteiger partial charge in [-0.2, -0.15) is 13.2 Å². The Labute approximate surface area is 111 Å². The van der Waals surface area contributed by atoms with Gasteiger partial charge in [0.1, 0.15) is 5.82 Å². The monoisotopic (exact) mass is 277 g/mol. The number of benzene rings is 1. The fraction of sp³-hybridized carbons (Fsp3) is 0.571. The number of alkyl halides is 3. The molecule has 1 nitrogen and oxygen atoms in total. The highest BCUT2D eigenvalue weighted by atomic mass is 19.4. The van der Waals surface area contributed by atoms with Crippen molar-refractivity contribution in [2.45, 2.75) is 44.8 Å². The third-order valence-electron chi connectivity index (χ3n) is 3.14. The van der Waals surface area contributed by atoms with Crippen molar-refractivity contribution in [1.29, 1.82) is 0 Å². The summed E-state index contributed by atoms with van der Waals surface area (Å²) in [4.78, 5) is 0. The average Bonchev–Trinajstić information content (AvgIpc) is 2.34. The first-order chi connectivity index (χ1) is 8.90. The summed E-state index contributed by atoms with van der Waals surface area (Å²) in [5.41, 5.74) is -0.715. The molecule has 1 N–H and O–H groups in total. The van der Waals surface area contributed by atoms with Crippen LogP contribution in [0.5, 0.6) is 0 Å². The lowest BCUT2D eigenvalue weighted by molar-refractivity contribution is -0.137. The Morgan fingerprint density at radius 3 is 2.42 bits per heavy atom. The Morgan fingerprint density at radius 1 is 1.21 bits per heavy atom. The summed E-state index contributed by atoms with van der Waals surface area (Å²) in [7, 11) is 1.64. The molecule has 0 radical (unpaired) electrons. The van der Waals surface area contributed by atoms with Crippen molar-refractivity contribution >= 4 is 0 Å². The first kappa shape index (κ1) is 16.0. The smallest absolute Gasteiger partial charge is 0.313 e. The normalized spacial score (nSPS) is 13.6. The van der Waals surface area contributed by atoms with Crippen LogP contribution in [-0.4, -0.2) is 7.05 Å². The molecule has 5 heteroatoms. The second kappa shape index (κ2) is 6.89. The van der Waals surface area contributed by atoms with E-state index < -0.39 is 17.6 Å². The minimum absolute atomic E-state index is 0.0911. The van der Waals surface area contributed by atoms with Gasteiger partial charge < -0.3 is 5.32 Å². The summed E-state index contributed by atoms with van der Waals surface area (Å²) in [5.74, 6) is -0.594. The Kier molecular flexibility index (Phi) is 5.79. The predicted octanol–water partition coefficient (Wildman–Crippen LogP) is 4.69. The molecule has 1 aromatic carbocycles. The molecule has 1 atom stereocenters. The Hall–Kier alpha value is -1.10. The fourth-order valence-electron chi connectivity index (χ4n) is 2.04. The summed E-state index contributed by atoms with van der Waals surface area (Å²) < 4.78 is 51.6. The van der Waals surface area contributed by atoms with Crippen LogP contribution in [0, 0.1) is 5.82 Å². The summed E-state index contributed by atoms with van der Waals surface area (Å²) in [6, 6.07) is 2.19. The molecule has 108 valence electrons. The molecule has 0 aliphatic carbocycles. The van der Waals surface area contributed by atoms with Crippen LogP contribution in [0.4, 0.5) is 17.6 Å².